The molecule has 9 nitrogen and oxygen atoms in total. The Bertz CT molecular complexity index is 804. The van der Waals surface area contributed by atoms with Crippen LogP contribution < -0.4 is 4.89 Å². The van der Waals surface area contributed by atoms with Crippen molar-refractivity contribution < 1.29 is 42.1 Å². The summed E-state index contributed by atoms with van der Waals surface area (Å²) >= 11 is 0. The summed E-state index contributed by atoms with van der Waals surface area (Å²) in [6.45, 7) is 4.22. The number of likely N-dealkylation sites (N-methyl/N-ethyl adjacent to an activating group) is 1. The number of rotatable bonds is 36. The summed E-state index contributed by atoms with van der Waals surface area (Å²) in [5.74, 6) is -0.826. The molecule has 0 aromatic heterocycles. The lowest BCUT2D eigenvalue weighted by molar-refractivity contribution is -0.870. The monoisotopic (exact) mass is 706 g/mol. The second kappa shape index (κ2) is 32.0. The van der Waals surface area contributed by atoms with E-state index in [0.717, 1.165) is 32.1 Å². The van der Waals surface area contributed by atoms with Gasteiger partial charge in [0.25, 0.3) is 7.82 Å². The number of phosphoric acid groups is 1. The molecule has 0 rings (SSSR count). The van der Waals surface area contributed by atoms with Crippen LogP contribution in [0.4, 0.5) is 0 Å². The van der Waals surface area contributed by atoms with Crippen molar-refractivity contribution in [2.45, 2.75) is 187 Å². The maximum Gasteiger partial charge on any atom is 0.306 e. The third-order valence-corrected chi connectivity index (χ3v) is 9.59. The molecule has 0 heterocycles. The van der Waals surface area contributed by atoms with Crippen molar-refractivity contribution in [3.8, 4) is 0 Å². The van der Waals surface area contributed by atoms with Crippen LogP contribution in [-0.4, -0.2) is 70.0 Å². The Kier molecular flexibility index (Phi) is 31.3. The summed E-state index contributed by atoms with van der Waals surface area (Å²) in [6, 6.07) is 0. The van der Waals surface area contributed by atoms with E-state index in [1.807, 2.05) is 21.1 Å². The highest BCUT2D eigenvalue weighted by atomic mass is 31.2. The van der Waals surface area contributed by atoms with Crippen molar-refractivity contribution >= 4 is 19.8 Å². The molecular formula is C38H76NO8P. The molecule has 10 heteroatoms. The first-order valence-corrected chi connectivity index (χ1v) is 21.2. The molecule has 0 saturated carbocycles. The predicted molar refractivity (Wildman–Crippen MR) is 195 cm³/mol. The van der Waals surface area contributed by atoms with Gasteiger partial charge in [-0.3, -0.25) is 14.2 Å². The topological polar surface area (TPSA) is 111 Å². The van der Waals surface area contributed by atoms with Crippen molar-refractivity contribution in [2.24, 2.45) is 0 Å². The van der Waals surface area contributed by atoms with Gasteiger partial charge in [0.1, 0.15) is 19.8 Å². The summed E-state index contributed by atoms with van der Waals surface area (Å²) in [7, 11) is 1.18. The first-order chi connectivity index (χ1) is 23.0. The van der Waals surface area contributed by atoms with Gasteiger partial charge in [0.05, 0.1) is 27.7 Å². The Morgan fingerprint density at radius 2 is 0.938 bits per heavy atom. The lowest BCUT2D eigenvalue weighted by atomic mass is 10.0. The number of carbonyl (C=O) groups is 2. The standard InChI is InChI=1S/C38H76NO8P/c1-6-8-10-12-14-16-18-20-22-24-26-28-30-37(40)44-34-36(35-46-48(42,43)45-33-32-39(3,4)5)47-38(41)31-29-27-25-23-21-19-17-15-13-11-9-7-2/h36H,6-35H2,1-5H3. The number of unbranched alkanes of at least 4 members (excludes halogenated alkanes) is 22. The van der Waals surface area contributed by atoms with E-state index in [9.17, 15) is 19.0 Å². The summed E-state index contributed by atoms with van der Waals surface area (Å²) < 4.78 is 33.8. The number of ether oxygens (including phenoxy) is 2. The third-order valence-electron chi connectivity index (χ3n) is 8.63. The number of phosphoric ester groups is 1. The van der Waals surface area contributed by atoms with Crippen molar-refractivity contribution in [3.05, 3.63) is 0 Å². The largest absolute Gasteiger partial charge is 0.756 e. The summed E-state index contributed by atoms with van der Waals surface area (Å²) in [4.78, 5) is 37.3. The van der Waals surface area contributed by atoms with E-state index < -0.39 is 26.5 Å². The molecule has 0 aliphatic carbocycles. The molecule has 0 saturated heterocycles. The molecule has 0 fully saturated rings. The number of hydrogen-bond acceptors (Lipinski definition) is 8. The van der Waals surface area contributed by atoms with E-state index in [2.05, 4.69) is 13.8 Å². The predicted octanol–water partition coefficient (Wildman–Crippen LogP) is 9.83. The summed E-state index contributed by atoms with van der Waals surface area (Å²) in [6.07, 6.45) is 28.3. The molecule has 0 aliphatic rings. The Balaban J connectivity index is 4.40. The fourth-order valence-corrected chi connectivity index (χ4v) is 6.21. The fourth-order valence-electron chi connectivity index (χ4n) is 5.48. The zero-order chi connectivity index (χ0) is 35.8. The number of quaternary nitrogens is 1. The number of nitrogens with zero attached hydrogens (tertiary/aromatic N) is 1. The van der Waals surface area contributed by atoms with Gasteiger partial charge in [-0.1, -0.05) is 155 Å². The van der Waals surface area contributed by atoms with E-state index >= 15 is 0 Å². The minimum Gasteiger partial charge on any atom is -0.756 e. The van der Waals surface area contributed by atoms with E-state index in [4.69, 9.17) is 18.5 Å². The van der Waals surface area contributed by atoms with Crippen molar-refractivity contribution in [2.75, 3.05) is 47.5 Å². The van der Waals surface area contributed by atoms with E-state index in [1.165, 1.54) is 116 Å². The number of esters is 2. The Morgan fingerprint density at radius 3 is 1.33 bits per heavy atom. The van der Waals surface area contributed by atoms with Gasteiger partial charge in [-0.15, -0.1) is 0 Å². The molecule has 0 bridgehead atoms. The minimum absolute atomic E-state index is 0.0261. The first-order valence-electron chi connectivity index (χ1n) is 19.7. The van der Waals surface area contributed by atoms with Gasteiger partial charge in [0.2, 0.25) is 0 Å². The lowest BCUT2D eigenvalue weighted by Gasteiger charge is -2.28. The average Bonchev–Trinajstić information content (AvgIpc) is 3.02. The maximum absolute atomic E-state index is 12.6. The summed E-state index contributed by atoms with van der Waals surface area (Å²) in [5, 5.41) is 0. The molecule has 286 valence electrons. The van der Waals surface area contributed by atoms with Gasteiger partial charge in [0.15, 0.2) is 6.10 Å². The summed E-state index contributed by atoms with van der Waals surface area (Å²) in [5.41, 5.74) is 0. The van der Waals surface area contributed by atoms with Crippen molar-refractivity contribution in [3.63, 3.8) is 0 Å². The molecule has 0 N–H and O–H groups in total. The van der Waals surface area contributed by atoms with Crippen LogP contribution in [0.15, 0.2) is 0 Å². The number of carbonyl (C=O) groups excluding carboxylic acids is 2. The molecule has 0 aromatic carbocycles. The van der Waals surface area contributed by atoms with E-state index in [1.54, 1.807) is 0 Å². The van der Waals surface area contributed by atoms with E-state index in [0.29, 0.717) is 17.4 Å². The van der Waals surface area contributed by atoms with Crippen LogP contribution >= 0.6 is 7.82 Å². The minimum atomic E-state index is -4.61. The van der Waals surface area contributed by atoms with Gasteiger partial charge < -0.3 is 27.9 Å². The zero-order valence-electron chi connectivity index (χ0n) is 32.0. The molecule has 0 aromatic rings. The van der Waals surface area contributed by atoms with Crippen LogP contribution in [0.5, 0.6) is 0 Å². The second-order valence-electron chi connectivity index (χ2n) is 14.7. The third kappa shape index (κ3) is 34.9. The van der Waals surface area contributed by atoms with Crippen LogP contribution in [0.25, 0.3) is 0 Å². The SMILES string of the molecule is CCCCCCCCCCCCCCC(=O)OCC(COP(=O)([O-])OCC[N+](C)(C)C)OC(=O)CCCCCCCCCCCCCC. The molecule has 0 spiro atoms. The highest BCUT2D eigenvalue weighted by molar-refractivity contribution is 7.45. The van der Waals surface area contributed by atoms with Crippen LogP contribution in [-0.2, 0) is 32.7 Å². The molecule has 0 amide bonds. The average molecular weight is 706 g/mol. The van der Waals surface area contributed by atoms with Gasteiger partial charge >= 0.3 is 11.9 Å². The zero-order valence-corrected chi connectivity index (χ0v) is 32.8. The van der Waals surface area contributed by atoms with Crippen molar-refractivity contribution in [1.82, 2.24) is 0 Å². The normalized spacial score (nSPS) is 13.7. The molecule has 0 aliphatic heterocycles. The van der Waals surface area contributed by atoms with E-state index in [-0.39, 0.29) is 32.0 Å². The van der Waals surface area contributed by atoms with Crippen LogP contribution in [0.1, 0.15) is 181 Å². The van der Waals surface area contributed by atoms with Gasteiger partial charge in [-0.2, -0.15) is 0 Å². The lowest BCUT2D eigenvalue weighted by Crippen LogP contribution is -2.37. The highest BCUT2D eigenvalue weighted by Crippen LogP contribution is 2.38. The molecule has 2 atom stereocenters. The van der Waals surface area contributed by atoms with Gasteiger partial charge in [0, 0.05) is 12.8 Å². The Morgan fingerprint density at radius 1 is 0.562 bits per heavy atom. The molecule has 48 heavy (non-hydrogen) atoms. The molecule has 0 radical (unpaired) electrons. The van der Waals surface area contributed by atoms with Crippen LogP contribution in [0, 0.1) is 0 Å². The smallest absolute Gasteiger partial charge is 0.306 e. The van der Waals surface area contributed by atoms with Crippen LogP contribution in [0.3, 0.4) is 0 Å². The second-order valence-corrected chi connectivity index (χ2v) is 16.1. The molecule has 2 unspecified atom stereocenters. The van der Waals surface area contributed by atoms with Crippen molar-refractivity contribution in [1.29, 1.82) is 0 Å². The Labute approximate surface area is 295 Å². The quantitative estimate of drug-likeness (QED) is 0.0274. The first kappa shape index (κ1) is 47.0. The van der Waals surface area contributed by atoms with Crippen LogP contribution in [0.2, 0.25) is 0 Å². The number of hydrogen-bond donors (Lipinski definition) is 0. The molecular weight excluding hydrogens is 629 g/mol. The highest BCUT2D eigenvalue weighted by Gasteiger charge is 2.21. The van der Waals surface area contributed by atoms with Gasteiger partial charge in [-0.25, -0.2) is 0 Å². The van der Waals surface area contributed by atoms with Gasteiger partial charge in [-0.05, 0) is 12.8 Å². The Hall–Kier alpha value is -0.990. The fraction of sp³-hybridized carbons (Fsp3) is 0.947. The maximum atomic E-state index is 12.6.